The lowest BCUT2D eigenvalue weighted by Gasteiger charge is -2.11. The highest BCUT2D eigenvalue weighted by Gasteiger charge is 2.09. The molecule has 0 saturated carbocycles. The Hall–Kier alpha value is -1.58. The van der Waals surface area contributed by atoms with Crippen LogP contribution in [0.4, 0.5) is 0 Å². The smallest absolute Gasteiger partial charge is 0.119 e. The summed E-state index contributed by atoms with van der Waals surface area (Å²) in [6, 6.07) is 11.4. The molecule has 0 aliphatic heterocycles. The molecule has 1 atom stereocenters. The fourth-order valence-corrected chi connectivity index (χ4v) is 1.88. The molecule has 3 nitrogen and oxygen atoms in total. The molecule has 18 heavy (non-hydrogen) atoms. The van der Waals surface area contributed by atoms with Gasteiger partial charge in [-0.3, -0.25) is 4.98 Å². The number of methoxy groups -OCH3 is 1. The van der Waals surface area contributed by atoms with Gasteiger partial charge in [0.15, 0.2) is 0 Å². The Morgan fingerprint density at radius 1 is 1.33 bits per heavy atom. The Morgan fingerprint density at radius 2 is 2.17 bits per heavy atom. The molecule has 2 aromatic rings. The quantitative estimate of drug-likeness (QED) is 0.922. The molecule has 2 rings (SSSR count). The van der Waals surface area contributed by atoms with Crippen LogP contribution in [-0.2, 0) is 6.42 Å². The number of benzene rings is 1. The summed E-state index contributed by atoms with van der Waals surface area (Å²) >= 11 is 5.80. The third-order valence-electron chi connectivity index (χ3n) is 2.72. The van der Waals surface area contributed by atoms with Crippen molar-refractivity contribution >= 4 is 11.6 Å². The first-order chi connectivity index (χ1) is 8.69. The van der Waals surface area contributed by atoms with E-state index in [1.54, 1.807) is 19.4 Å². The first-order valence-corrected chi connectivity index (χ1v) is 6.07. The van der Waals surface area contributed by atoms with Crippen LogP contribution < -0.4 is 10.5 Å². The van der Waals surface area contributed by atoms with Gasteiger partial charge in [0.2, 0.25) is 0 Å². The normalized spacial score (nSPS) is 12.2. The minimum atomic E-state index is -0.144. The average Bonchev–Trinajstić information content (AvgIpc) is 2.39. The minimum absolute atomic E-state index is 0.144. The zero-order valence-electron chi connectivity index (χ0n) is 10.1. The summed E-state index contributed by atoms with van der Waals surface area (Å²) in [6.07, 6.45) is 2.33. The number of halogens is 1. The summed E-state index contributed by atoms with van der Waals surface area (Å²) < 4.78 is 5.18. The molecule has 0 bridgehead atoms. The van der Waals surface area contributed by atoms with Gasteiger partial charge in [0.25, 0.3) is 0 Å². The Labute approximate surface area is 112 Å². The number of pyridine rings is 1. The van der Waals surface area contributed by atoms with E-state index in [4.69, 9.17) is 22.1 Å². The van der Waals surface area contributed by atoms with Gasteiger partial charge >= 0.3 is 0 Å². The standard InChI is InChI=1S/C14H15ClN2O/c1-18-12-4-2-3-10(7-12)8-13(16)14-6-5-11(15)9-17-14/h2-7,9,13H,8,16H2,1H3. The van der Waals surface area contributed by atoms with Crippen molar-refractivity contribution in [2.45, 2.75) is 12.5 Å². The summed E-state index contributed by atoms with van der Waals surface area (Å²) in [7, 11) is 1.65. The highest BCUT2D eigenvalue weighted by molar-refractivity contribution is 6.30. The van der Waals surface area contributed by atoms with E-state index in [0.717, 1.165) is 17.0 Å². The molecule has 0 radical (unpaired) electrons. The topological polar surface area (TPSA) is 48.1 Å². The zero-order valence-corrected chi connectivity index (χ0v) is 10.9. The van der Waals surface area contributed by atoms with Gasteiger partial charge in [-0.25, -0.2) is 0 Å². The first-order valence-electron chi connectivity index (χ1n) is 5.69. The van der Waals surface area contributed by atoms with E-state index in [-0.39, 0.29) is 6.04 Å². The van der Waals surface area contributed by atoms with Crippen LogP contribution >= 0.6 is 11.6 Å². The number of rotatable bonds is 4. The monoisotopic (exact) mass is 262 g/mol. The van der Waals surface area contributed by atoms with Crippen molar-refractivity contribution in [1.82, 2.24) is 4.98 Å². The number of hydrogen-bond acceptors (Lipinski definition) is 3. The van der Waals surface area contributed by atoms with Crippen LogP contribution in [0.3, 0.4) is 0 Å². The van der Waals surface area contributed by atoms with Crippen molar-refractivity contribution in [3.63, 3.8) is 0 Å². The Balaban J connectivity index is 2.10. The van der Waals surface area contributed by atoms with Crippen molar-refractivity contribution in [1.29, 1.82) is 0 Å². The summed E-state index contributed by atoms with van der Waals surface area (Å²) in [4.78, 5) is 4.23. The second-order valence-corrected chi connectivity index (χ2v) is 4.50. The summed E-state index contributed by atoms with van der Waals surface area (Å²) in [5.74, 6) is 0.837. The molecule has 0 fully saturated rings. The van der Waals surface area contributed by atoms with Crippen molar-refractivity contribution in [2.75, 3.05) is 7.11 Å². The van der Waals surface area contributed by atoms with E-state index < -0.39 is 0 Å². The Bertz CT molecular complexity index is 513. The third-order valence-corrected chi connectivity index (χ3v) is 2.94. The molecule has 1 heterocycles. The largest absolute Gasteiger partial charge is 0.497 e. The van der Waals surface area contributed by atoms with Crippen molar-refractivity contribution in [3.05, 3.63) is 58.9 Å². The van der Waals surface area contributed by atoms with Gasteiger partial charge in [0, 0.05) is 6.20 Å². The zero-order chi connectivity index (χ0) is 13.0. The molecule has 0 spiro atoms. The second kappa shape index (κ2) is 5.85. The Kier molecular flexibility index (Phi) is 4.18. The SMILES string of the molecule is COc1cccc(CC(N)c2ccc(Cl)cn2)c1. The van der Waals surface area contributed by atoms with Gasteiger partial charge in [-0.2, -0.15) is 0 Å². The van der Waals surface area contributed by atoms with Crippen LogP contribution in [0, 0.1) is 0 Å². The molecular weight excluding hydrogens is 248 g/mol. The molecule has 94 valence electrons. The fourth-order valence-electron chi connectivity index (χ4n) is 1.76. The number of nitrogens with two attached hydrogens (primary N) is 1. The molecule has 4 heteroatoms. The van der Waals surface area contributed by atoms with E-state index in [1.165, 1.54) is 0 Å². The Morgan fingerprint density at radius 3 is 2.83 bits per heavy atom. The molecule has 0 amide bonds. The van der Waals surface area contributed by atoms with Crippen LogP contribution in [0.25, 0.3) is 0 Å². The maximum absolute atomic E-state index is 6.12. The lowest BCUT2D eigenvalue weighted by atomic mass is 10.0. The van der Waals surface area contributed by atoms with Crippen molar-refractivity contribution in [3.8, 4) is 5.75 Å². The van der Waals surface area contributed by atoms with Crippen molar-refractivity contribution in [2.24, 2.45) is 5.73 Å². The molecular formula is C14H15ClN2O. The van der Waals surface area contributed by atoms with Crippen LogP contribution in [0.5, 0.6) is 5.75 Å². The first kappa shape index (κ1) is 12.9. The summed E-state index contributed by atoms with van der Waals surface area (Å²) in [6.45, 7) is 0. The van der Waals surface area contributed by atoms with E-state index in [9.17, 15) is 0 Å². The highest BCUT2D eigenvalue weighted by Crippen LogP contribution is 2.19. The van der Waals surface area contributed by atoms with Gasteiger partial charge in [-0.05, 0) is 36.2 Å². The van der Waals surface area contributed by atoms with E-state index in [0.29, 0.717) is 11.4 Å². The minimum Gasteiger partial charge on any atom is -0.497 e. The van der Waals surface area contributed by atoms with Crippen LogP contribution in [0.1, 0.15) is 17.3 Å². The van der Waals surface area contributed by atoms with Gasteiger partial charge in [0.1, 0.15) is 5.75 Å². The van der Waals surface area contributed by atoms with E-state index in [1.807, 2.05) is 30.3 Å². The van der Waals surface area contributed by atoms with Gasteiger partial charge < -0.3 is 10.5 Å². The predicted molar refractivity (Wildman–Crippen MR) is 72.9 cm³/mol. The molecule has 1 aromatic heterocycles. The molecule has 0 aliphatic rings. The van der Waals surface area contributed by atoms with Gasteiger partial charge in [-0.1, -0.05) is 23.7 Å². The average molecular weight is 263 g/mol. The molecule has 2 N–H and O–H groups in total. The number of aromatic nitrogens is 1. The lowest BCUT2D eigenvalue weighted by molar-refractivity contribution is 0.414. The maximum Gasteiger partial charge on any atom is 0.119 e. The number of nitrogens with zero attached hydrogens (tertiary/aromatic N) is 1. The molecule has 1 unspecified atom stereocenters. The maximum atomic E-state index is 6.12. The number of ether oxygens (including phenoxy) is 1. The third kappa shape index (κ3) is 3.22. The highest BCUT2D eigenvalue weighted by atomic mass is 35.5. The fraction of sp³-hybridized carbons (Fsp3) is 0.214. The molecule has 1 aromatic carbocycles. The number of hydrogen-bond donors (Lipinski definition) is 1. The van der Waals surface area contributed by atoms with Crippen LogP contribution in [0.15, 0.2) is 42.6 Å². The molecule has 0 aliphatic carbocycles. The van der Waals surface area contributed by atoms with Crippen molar-refractivity contribution < 1.29 is 4.74 Å². The van der Waals surface area contributed by atoms with E-state index in [2.05, 4.69) is 4.98 Å². The predicted octanol–water partition coefficient (Wildman–Crippen LogP) is 2.99. The second-order valence-electron chi connectivity index (χ2n) is 4.06. The van der Waals surface area contributed by atoms with Crippen LogP contribution in [-0.4, -0.2) is 12.1 Å². The van der Waals surface area contributed by atoms with E-state index >= 15 is 0 Å². The lowest BCUT2D eigenvalue weighted by Crippen LogP contribution is -2.14. The van der Waals surface area contributed by atoms with Gasteiger partial charge in [-0.15, -0.1) is 0 Å². The summed E-state index contributed by atoms with van der Waals surface area (Å²) in [5.41, 5.74) is 8.08. The van der Waals surface area contributed by atoms with Gasteiger partial charge in [0.05, 0.1) is 23.9 Å². The molecule has 0 saturated heterocycles. The summed E-state index contributed by atoms with van der Waals surface area (Å²) in [5, 5.41) is 0.618. The van der Waals surface area contributed by atoms with Crippen LogP contribution in [0.2, 0.25) is 5.02 Å².